The van der Waals surface area contributed by atoms with Crippen LogP contribution in [0.1, 0.15) is 34.5 Å². The zero-order valence-electron chi connectivity index (χ0n) is 14.2. The maximum absolute atomic E-state index is 12.0. The molecule has 0 bridgehead atoms. The third-order valence-corrected chi connectivity index (χ3v) is 4.11. The van der Waals surface area contributed by atoms with Crippen LogP contribution in [0.5, 0.6) is 0 Å². The smallest absolute Gasteiger partial charge is 0.272 e. The third kappa shape index (κ3) is 4.67. The maximum atomic E-state index is 12.0. The van der Waals surface area contributed by atoms with Gasteiger partial charge < -0.3 is 15.4 Å². The second-order valence-electron chi connectivity index (χ2n) is 6.09. The quantitative estimate of drug-likeness (QED) is 0.824. The summed E-state index contributed by atoms with van der Waals surface area (Å²) in [5.41, 5.74) is 2.39. The number of benzene rings is 1. The number of amides is 2. The third-order valence-electron chi connectivity index (χ3n) is 4.11. The zero-order chi connectivity index (χ0) is 17.6. The van der Waals surface area contributed by atoms with Gasteiger partial charge in [-0.05, 0) is 30.0 Å². The number of rotatable bonds is 6. The van der Waals surface area contributed by atoms with Crippen molar-refractivity contribution < 1.29 is 14.3 Å². The number of aromatic nitrogens is 2. The van der Waals surface area contributed by atoms with Crippen molar-refractivity contribution in [1.29, 1.82) is 0 Å². The van der Waals surface area contributed by atoms with E-state index in [-0.39, 0.29) is 17.9 Å². The molecule has 0 saturated carbocycles. The molecule has 2 aromatic rings. The Morgan fingerprint density at radius 1 is 1.16 bits per heavy atom. The molecule has 7 heteroatoms. The van der Waals surface area contributed by atoms with Gasteiger partial charge in [-0.3, -0.25) is 14.3 Å². The van der Waals surface area contributed by atoms with E-state index in [1.165, 1.54) is 0 Å². The van der Waals surface area contributed by atoms with Gasteiger partial charge in [0.1, 0.15) is 11.8 Å². The first-order valence-corrected chi connectivity index (χ1v) is 8.37. The molecule has 2 amide bonds. The fourth-order valence-corrected chi connectivity index (χ4v) is 2.67. The van der Waals surface area contributed by atoms with Crippen molar-refractivity contribution in [2.24, 2.45) is 7.05 Å². The maximum Gasteiger partial charge on any atom is 0.272 e. The number of ether oxygens (including phenoxy) is 1. The minimum atomic E-state index is -0.305. The number of aryl methyl sites for hydroxylation is 1. The van der Waals surface area contributed by atoms with E-state index in [9.17, 15) is 9.59 Å². The lowest BCUT2D eigenvalue weighted by Gasteiger charge is -2.11. The summed E-state index contributed by atoms with van der Waals surface area (Å²) in [6, 6.07) is 9.43. The summed E-state index contributed by atoms with van der Waals surface area (Å²) < 4.78 is 6.95. The number of hydrogen-bond acceptors (Lipinski definition) is 4. The molecule has 0 radical (unpaired) electrons. The van der Waals surface area contributed by atoms with Gasteiger partial charge in [-0.1, -0.05) is 24.3 Å². The molecule has 1 aliphatic rings. The van der Waals surface area contributed by atoms with E-state index >= 15 is 0 Å². The number of nitrogens with zero attached hydrogens (tertiary/aromatic N) is 2. The molecule has 0 aliphatic carbocycles. The second-order valence-corrected chi connectivity index (χ2v) is 6.09. The van der Waals surface area contributed by atoms with Gasteiger partial charge in [0.15, 0.2) is 0 Å². The van der Waals surface area contributed by atoms with E-state index in [1.54, 1.807) is 24.0 Å². The molecule has 2 heterocycles. The van der Waals surface area contributed by atoms with E-state index in [0.717, 1.165) is 24.0 Å². The highest BCUT2D eigenvalue weighted by Gasteiger charge is 2.22. The second kappa shape index (κ2) is 7.94. The van der Waals surface area contributed by atoms with Crippen LogP contribution in [0.2, 0.25) is 0 Å². The minimum absolute atomic E-state index is 0.0517. The molecular formula is C18H22N4O3. The van der Waals surface area contributed by atoms with Gasteiger partial charge in [0.2, 0.25) is 5.91 Å². The Morgan fingerprint density at radius 3 is 2.40 bits per heavy atom. The zero-order valence-corrected chi connectivity index (χ0v) is 14.2. The van der Waals surface area contributed by atoms with Crippen LogP contribution in [0.25, 0.3) is 0 Å². The molecule has 7 nitrogen and oxygen atoms in total. The van der Waals surface area contributed by atoms with E-state index in [1.807, 2.05) is 24.3 Å². The van der Waals surface area contributed by atoms with Crippen LogP contribution < -0.4 is 10.6 Å². The number of hydrogen-bond donors (Lipinski definition) is 2. The lowest BCUT2D eigenvalue weighted by atomic mass is 10.1. The average Bonchev–Trinajstić information content (AvgIpc) is 3.30. The van der Waals surface area contributed by atoms with Crippen LogP contribution in [0, 0.1) is 0 Å². The van der Waals surface area contributed by atoms with E-state index < -0.39 is 0 Å². The summed E-state index contributed by atoms with van der Waals surface area (Å²) >= 11 is 0. The van der Waals surface area contributed by atoms with Crippen LogP contribution in [-0.4, -0.2) is 34.3 Å². The Kier molecular flexibility index (Phi) is 5.45. The predicted molar refractivity (Wildman–Crippen MR) is 91.6 cm³/mol. The highest BCUT2D eigenvalue weighted by atomic mass is 16.5. The highest BCUT2D eigenvalue weighted by molar-refractivity contribution is 5.92. The lowest BCUT2D eigenvalue weighted by Crippen LogP contribution is -2.33. The van der Waals surface area contributed by atoms with Crippen molar-refractivity contribution in [3.63, 3.8) is 0 Å². The normalized spacial score (nSPS) is 16.6. The van der Waals surface area contributed by atoms with Crippen LogP contribution in [0.4, 0.5) is 0 Å². The summed E-state index contributed by atoms with van der Waals surface area (Å²) in [6.07, 6.45) is 3.16. The molecule has 132 valence electrons. The van der Waals surface area contributed by atoms with Gasteiger partial charge in [0.25, 0.3) is 5.91 Å². The molecule has 1 aliphatic heterocycles. The summed E-state index contributed by atoms with van der Waals surface area (Å²) in [4.78, 5) is 23.9. The SMILES string of the molecule is Cn1ccc(C(=O)NCc2ccc(CNC(=O)C3CCCO3)cc2)n1. The molecule has 1 saturated heterocycles. The molecule has 2 N–H and O–H groups in total. The van der Waals surface area contributed by atoms with Crippen LogP contribution in [0.15, 0.2) is 36.5 Å². The van der Waals surface area contributed by atoms with Gasteiger partial charge in [-0.15, -0.1) is 0 Å². The predicted octanol–water partition coefficient (Wildman–Crippen LogP) is 1.15. The van der Waals surface area contributed by atoms with Gasteiger partial charge in [0.05, 0.1) is 0 Å². The van der Waals surface area contributed by atoms with Gasteiger partial charge in [-0.2, -0.15) is 5.10 Å². The lowest BCUT2D eigenvalue weighted by molar-refractivity contribution is -0.130. The minimum Gasteiger partial charge on any atom is -0.368 e. The summed E-state index contributed by atoms with van der Waals surface area (Å²) in [7, 11) is 1.77. The Balaban J connectivity index is 1.45. The van der Waals surface area contributed by atoms with E-state index in [2.05, 4.69) is 15.7 Å². The average molecular weight is 342 g/mol. The molecule has 25 heavy (non-hydrogen) atoms. The molecule has 1 fully saturated rings. The highest BCUT2D eigenvalue weighted by Crippen LogP contribution is 2.12. The molecule has 1 unspecified atom stereocenters. The van der Waals surface area contributed by atoms with Crippen molar-refractivity contribution in [3.8, 4) is 0 Å². The molecule has 1 atom stereocenters. The summed E-state index contributed by atoms with van der Waals surface area (Å²) in [5.74, 6) is -0.252. The number of carbonyl (C=O) groups is 2. The Bertz CT molecular complexity index is 733. The molecular weight excluding hydrogens is 320 g/mol. The number of carbonyl (C=O) groups excluding carboxylic acids is 2. The van der Waals surface area contributed by atoms with E-state index in [4.69, 9.17) is 4.74 Å². The first-order chi connectivity index (χ1) is 12.1. The Morgan fingerprint density at radius 2 is 1.84 bits per heavy atom. The van der Waals surface area contributed by atoms with E-state index in [0.29, 0.717) is 25.4 Å². The molecule has 1 aromatic heterocycles. The van der Waals surface area contributed by atoms with Crippen molar-refractivity contribution in [2.75, 3.05) is 6.61 Å². The van der Waals surface area contributed by atoms with Crippen molar-refractivity contribution in [2.45, 2.75) is 32.0 Å². The Labute approximate surface area is 146 Å². The van der Waals surface area contributed by atoms with Crippen molar-refractivity contribution >= 4 is 11.8 Å². The Hall–Kier alpha value is -2.67. The van der Waals surface area contributed by atoms with Crippen LogP contribution in [-0.2, 0) is 29.7 Å². The van der Waals surface area contributed by atoms with Gasteiger partial charge >= 0.3 is 0 Å². The van der Waals surface area contributed by atoms with Crippen molar-refractivity contribution in [1.82, 2.24) is 20.4 Å². The van der Waals surface area contributed by atoms with Crippen LogP contribution >= 0.6 is 0 Å². The first kappa shape index (κ1) is 17.2. The monoisotopic (exact) mass is 342 g/mol. The van der Waals surface area contributed by atoms with Gasteiger partial charge in [-0.25, -0.2) is 0 Å². The first-order valence-electron chi connectivity index (χ1n) is 8.37. The standard InChI is InChI=1S/C18H22N4O3/c1-22-9-8-15(21-22)17(23)19-11-13-4-6-14(7-5-13)12-20-18(24)16-3-2-10-25-16/h4-9,16H,2-3,10-12H2,1H3,(H,19,23)(H,20,24). The van der Waals surface area contributed by atoms with Gasteiger partial charge in [0, 0.05) is 32.9 Å². The topological polar surface area (TPSA) is 85.2 Å². The fraction of sp³-hybridized carbons (Fsp3) is 0.389. The number of nitrogens with one attached hydrogen (secondary N) is 2. The molecule has 1 aromatic carbocycles. The largest absolute Gasteiger partial charge is 0.368 e. The molecule has 0 spiro atoms. The van der Waals surface area contributed by atoms with Crippen molar-refractivity contribution in [3.05, 3.63) is 53.3 Å². The summed E-state index contributed by atoms with van der Waals surface area (Å²) in [6.45, 7) is 1.56. The fourth-order valence-electron chi connectivity index (χ4n) is 2.67. The van der Waals surface area contributed by atoms with Crippen LogP contribution in [0.3, 0.4) is 0 Å². The molecule has 3 rings (SSSR count). The summed E-state index contributed by atoms with van der Waals surface area (Å²) in [5, 5.41) is 9.79.